The van der Waals surface area contributed by atoms with Crippen LogP contribution < -0.4 is 10.2 Å². The molecule has 3 aromatic rings. The van der Waals surface area contributed by atoms with Gasteiger partial charge in [0.1, 0.15) is 5.82 Å². The van der Waals surface area contributed by atoms with E-state index in [9.17, 15) is 4.79 Å². The second-order valence-corrected chi connectivity index (χ2v) is 7.03. The molecule has 144 valence electrons. The monoisotopic (exact) mass is 414 g/mol. The van der Waals surface area contributed by atoms with Crippen molar-refractivity contribution in [2.45, 2.75) is 19.9 Å². The molecule has 0 unspecified atom stereocenters. The number of halogens is 2. The molecule has 0 aliphatic rings. The lowest BCUT2D eigenvalue weighted by Crippen LogP contribution is -2.32. The number of nitrogens with one attached hydrogen (secondary N) is 1. The summed E-state index contributed by atoms with van der Waals surface area (Å²) >= 11 is 12.2. The van der Waals surface area contributed by atoms with Gasteiger partial charge in [-0.1, -0.05) is 53.5 Å². The summed E-state index contributed by atoms with van der Waals surface area (Å²) in [5.74, 6) is 0.661. The average molecular weight is 415 g/mol. The van der Waals surface area contributed by atoms with Gasteiger partial charge in [0.05, 0.1) is 16.6 Å². The summed E-state index contributed by atoms with van der Waals surface area (Å²) < 4.78 is 0. The molecule has 0 fully saturated rings. The van der Waals surface area contributed by atoms with Gasteiger partial charge in [-0.15, -0.1) is 0 Å². The van der Waals surface area contributed by atoms with E-state index in [-0.39, 0.29) is 11.9 Å². The van der Waals surface area contributed by atoms with Crippen LogP contribution in [-0.2, 0) is 0 Å². The number of rotatable bonds is 6. The quantitative estimate of drug-likeness (QED) is 0.568. The molecule has 0 aliphatic carbocycles. The summed E-state index contributed by atoms with van der Waals surface area (Å²) in [6.07, 6.45) is 1.62. The van der Waals surface area contributed by atoms with Crippen molar-refractivity contribution >= 4 is 40.9 Å². The van der Waals surface area contributed by atoms with Crippen LogP contribution in [-0.4, -0.2) is 22.4 Å². The number of hydrogen-bond acceptors (Lipinski definition) is 4. The molecule has 1 atom stereocenters. The minimum Gasteiger partial charge on any atom is -0.348 e. The summed E-state index contributed by atoms with van der Waals surface area (Å²) in [5.41, 5.74) is 1.45. The predicted octanol–water partition coefficient (Wildman–Crippen LogP) is 5.62. The van der Waals surface area contributed by atoms with Gasteiger partial charge in [-0.05, 0) is 43.7 Å². The first-order chi connectivity index (χ1) is 13.5. The summed E-state index contributed by atoms with van der Waals surface area (Å²) in [6, 6.07) is 16.5. The molecule has 0 saturated heterocycles. The highest BCUT2D eigenvalue weighted by Crippen LogP contribution is 2.25. The van der Waals surface area contributed by atoms with Gasteiger partial charge in [-0.3, -0.25) is 9.69 Å². The van der Waals surface area contributed by atoms with E-state index in [1.165, 1.54) is 4.90 Å². The Morgan fingerprint density at radius 3 is 2.61 bits per heavy atom. The molecule has 3 rings (SSSR count). The fourth-order valence-corrected chi connectivity index (χ4v) is 3.17. The largest absolute Gasteiger partial charge is 0.348 e. The summed E-state index contributed by atoms with van der Waals surface area (Å²) in [5, 5.41) is 4.06. The van der Waals surface area contributed by atoms with Gasteiger partial charge in [-0.2, -0.15) is 4.98 Å². The van der Waals surface area contributed by atoms with Crippen LogP contribution in [0, 0.1) is 0 Å². The van der Waals surface area contributed by atoms with Gasteiger partial charge in [0.2, 0.25) is 5.95 Å². The van der Waals surface area contributed by atoms with Gasteiger partial charge < -0.3 is 5.32 Å². The number of amides is 1. The van der Waals surface area contributed by atoms with E-state index >= 15 is 0 Å². The van der Waals surface area contributed by atoms with E-state index in [4.69, 9.17) is 23.2 Å². The Balaban J connectivity index is 1.84. The Bertz CT molecular complexity index is 966. The zero-order valence-corrected chi connectivity index (χ0v) is 17.1. The number of carbonyl (C=O) groups excluding carboxylic acids is 1. The summed E-state index contributed by atoms with van der Waals surface area (Å²) in [4.78, 5) is 23.3. The molecule has 0 spiro atoms. The molecule has 0 aliphatic heterocycles. The van der Waals surface area contributed by atoms with Crippen LogP contribution in [0.5, 0.6) is 0 Å². The van der Waals surface area contributed by atoms with E-state index in [2.05, 4.69) is 15.3 Å². The highest BCUT2D eigenvalue weighted by Gasteiger charge is 2.21. The zero-order chi connectivity index (χ0) is 20.1. The van der Waals surface area contributed by atoms with E-state index in [0.29, 0.717) is 33.9 Å². The highest BCUT2D eigenvalue weighted by atomic mass is 35.5. The third-order valence-corrected chi connectivity index (χ3v) is 4.85. The average Bonchev–Trinajstić information content (AvgIpc) is 2.71. The van der Waals surface area contributed by atoms with Crippen molar-refractivity contribution in [3.8, 4) is 0 Å². The standard InChI is InChI=1S/C21H20Cl2N4O/c1-3-27(20(28)17-13-16(22)9-10-18(17)23)19-11-12-24-21(26-19)25-14(2)15-7-5-4-6-8-15/h4-14H,3H2,1-2H3,(H,24,25,26)/t14-/m0/s1. The first-order valence-electron chi connectivity index (χ1n) is 8.91. The first-order valence-corrected chi connectivity index (χ1v) is 9.66. The number of carbonyl (C=O) groups is 1. The van der Waals surface area contributed by atoms with E-state index in [1.54, 1.807) is 30.5 Å². The maximum Gasteiger partial charge on any atom is 0.260 e. The van der Waals surface area contributed by atoms with Gasteiger partial charge in [0.15, 0.2) is 0 Å². The normalized spacial score (nSPS) is 11.7. The molecule has 1 N–H and O–H groups in total. The minimum atomic E-state index is -0.268. The number of anilines is 2. The maximum absolute atomic E-state index is 13.0. The Morgan fingerprint density at radius 1 is 1.14 bits per heavy atom. The molecular weight excluding hydrogens is 395 g/mol. The fourth-order valence-electron chi connectivity index (χ4n) is 2.80. The number of aromatic nitrogens is 2. The summed E-state index contributed by atoms with van der Waals surface area (Å²) in [7, 11) is 0. The van der Waals surface area contributed by atoms with Gasteiger partial charge >= 0.3 is 0 Å². The Morgan fingerprint density at radius 2 is 1.89 bits per heavy atom. The van der Waals surface area contributed by atoms with E-state index in [1.807, 2.05) is 44.2 Å². The van der Waals surface area contributed by atoms with E-state index in [0.717, 1.165) is 5.56 Å². The molecule has 2 aromatic carbocycles. The van der Waals surface area contributed by atoms with E-state index < -0.39 is 0 Å². The molecule has 5 nitrogen and oxygen atoms in total. The zero-order valence-electron chi connectivity index (χ0n) is 15.6. The Hall–Kier alpha value is -2.63. The molecule has 0 saturated carbocycles. The van der Waals surface area contributed by atoms with Crippen LogP contribution in [0.3, 0.4) is 0 Å². The van der Waals surface area contributed by atoms with Crippen molar-refractivity contribution < 1.29 is 4.79 Å². The Kier molecular flexibility index (Phi) is 6.49. The summed E-state index contributed by atoms with van der Waals surface area (Å²) in [6.45, 7) is 4.32. The smallest absolute Gasteiger partial charge is 0.260 e. The molecule has 1 amide bonds. The first kappa shape index (κ1) is 20.1. The third kappa shape index (κ3) is 4.61. The van der Waals surface area contributed by atoms with Gasteiger partial charge in [-0.25, -0.2) is 4.98 Å². The van der Waals surface area contributed by atoms with Crippen molar-refractivity contribution in [3.05, 3.63) is 82.0 Å². The van der Waals surface area contributed by atoms with Crippen LogP contribution in [0.25, 0.3) is 0 Å². The lowest BCUT2D eigenvalue weighted by molar-refractivity contribution is 0.0987. The van der Waals surface area contributed by atoms with Crippen molar-refractivity contribution in [1.82, 2.24) is 9.97 Å². The lowest BCUT2D eigenvalue weighted by Gasteiger charge is -2.22. The topological polar surface area (TPSA) is 58.1 Å². The van der Waals surface area contributed by atoms with Crippen LogP contribution >= 0.6 is 23.2 Å². The Labute approximate surface area is 174 Å². The molecule has 1 heterocycles. The molecule has 0 bridgehead atoms. The molecular formula is C21H20Cl2N4O. The lowest BCUT2D eigenvalue weighted by atomic mass is 10.1. The number of nitrogens with zero attached hydrogens (tertiary/aromatic N) is 3. The van der Waals surface area contributed by atoms with Crippen molar-refractivity contribution in [3.63, 3.8) is 0 Å². The maximum atomic E-state index is 13.0. The van der Waals surface area contributed by atoms with Crippen LogP contribution in [0.15, 0.2) is 60.8 Å². The second-order valence-electron chi connectivity index (χ2n) is 6.19. The van der Waals surface area contributed by atoms with Crippen LogP contribution in [0.4, 0.5) is 11.8 Å². The number of benzene rings is 2. The van der Waals surface area contributed by atoms with Crippen molar-refractivity contribution in [2.75, 3.05) is 16.8 Å². The van der Waals surface area contributed by atoms with Crippen LogP contribution in [0.1, 0.15) is 35.8 Å². The SMILES string of the molecule is CCN(C(=O)c1cc(Cl)ccc1Cl)c1ccnc(N[C@@H](C)c2ccccc2)n1. The third-order valence-electron chi connectivity index (χ3n) is 4.28. The molecule has 0 radical (unpaired) electrons. The fraction of sp³-hybridized carbons (Fsp3) is 0.190. The van der Waals surface area contributed by atoms with Crippen molar-refractivity contribution in [2.24, 2.45) is 0 Å². The molecule has 1 aromatic heterocycles. The van der Waals surface area contributed by atoms with Gasteiger partial charge in [0, 0.05) is 17.8 Å². The highest BCUT2D eigenvalue weighted by molar-refractivity contribution is 6.36. The minimum absolute atomic E-state index is 0.0182. The number of hydrogen-bond donors (Lipinski definition) is 1. The molecule has 7 heteroatoms. The second kappa shape index (κ2) is 9.04. The predicted molar refractivity (Wildman–Crippen MR) is 114 cm³/mol. The molecule has 28 heavy (non-hydrogen) atoms. The van der Waals surface area contributed by atoms with Crippen molar-refractivity contribution in [1.29, 1.82) is 0 Å². The van der Waals surface area contributed by atoms with Crippen LogP contribution in [0.2, 0.25) is 10.0 Å². The van der Waals surface area contributed by atoms with Gasteiger partial charge in [0.25, 0.3) is 5.91 Å².